The molecule has 1 N–H and O–H groups in total. The Labute approximate surface area is 111 Å². The maximum Gasteiger partial charge on any atom is 0.240 e. The zero-order valence-corrected chi connectivity index (χ0v) is 10.6. The number of nitriles is 2. The molecular weight excluding hydrogens is 242 g/mol. The summed E-state index contributed by atoms with van der Waals surface area (Å²) in [4.78, 5) is 15.7. The number of carbonyl (C=O) groups excluding carboxylic acids is 1. The fourth-order valence-corrected chi connectivity index (χ4v) is 2.38. The summed E-state index contributed by atoms with van der Waals surface area (Å²) in [5.41, 5.74) is 0.203. The van der Waals surface area contributed by atoms with E-state index in [2.05, 4.69) is 10.3 Å². The molecule has 0 unspecified atom stereocenters. The summed E-state index contributed by atoms with van der Waals surface area (Å²) in [6.07, 6.45) is 6.93. The highest BCUT2D eigenvalue weighted by Gasteiger charge is 2.17. The van der Waals surface area contributed by atoms with E-state index in [0.29, 0.717) is 0 Å². The Kier molecular flexibility index (Phi) is 4.15. The highest BCUT2D eigenvalue weighted by molar-refractivity contribution is 5.76. The number of carbonyl (C=O) groups is 1. The van der Waals surface area contributed by atoms with E-state index in [1.165, 1.54) is 17.3 Å². The molecule has 1 heterocycles. The normalized spacial score (nSPS) is 15.5. The third-order valence-corrected chi connectivity index (χ3v) is 3.33. The molecule has 0 aromatic carbocycles. The standard InChI is InChI=1S/C13H15N5O/c14-6-11-12(7-15)18(9-16-11)8-13(19)17-10-4-2-1-3-5-10/h9-10H,1-5,8H2,(H,17,19). The Morgan fingerprint density at radius 1 is 1.37 bits per heavy atom. The minimum Gasteiger partial charge on any atom is -0.352 e. The molecule has 1 fully saturated rings. The van der Waals surface area contributed by atoms with Gasteiger partial charge in [-0.15, -0.1) is 0 Å². The van der Waals surface area contributed by atoms with Crippen molar-refractivity contribution in [2.24, 2.45) is 0 Å². The van der Waals surface area contributed by atoms with Gasteiger partial charge in [0, 0.05) is 6.04 Å². The molecule has 98 valence electrons. The molecular formula is C13H15N5O. The maximum atomic E-state index is 11.9. The van der Waals surface area contributed by atoms with Crippen LogP contribution in [0.15, 0.2) is 6.33 Å². The van der Waals surface area contributed by atoms with Crippen molar-refractivity contribution in [1.29, 1.82) is 10.5 Å². The highest BCUT2D eigenvalue weighted by atomic mass is 16.2. The minimum atomic E-state index is -0.134. The third-order valence-electron chi connectivity index (χ3n) is 3.33. The first kappa shape index (κ1) is 13.1. The Morgan fingerprint density at radius 2 is 2.11 bits per heavy atom. The molecule has 0 saturated heterocycles. The molecule has 1 aliphatic rings. The topological polar surface area (TPSA) is 94.5 Å². The number of imidazole rings is 1. The van der Waals surface area contributed by atoms with Gasteiger partial charge in [-0.3, -0.25) is 4.79 Å². The van der Waals surface area contributed by atoms with Crippen molar-refractivity contribution in [3.63, 3.8) is 0 Å². The predicted molar refractivity (Wildman–Crippen MR) is 66.7 cm³/mol. The van der Waals surface area contributed by atoms with Crippen LogP contribution in [0, 0.1) is 22.7 Å². The van der Waals surface area contributed by atoms with E-state index in [0.717, 1.165) is 25.7 Å². The van der Waals surface area contributed by atoms with E-state index < -0.39 is 0 Å². The van der Waals surface area contributed by atoms with Gasteiger partial charge >= 0.3 is 0 Å². The average molecular weight is 257 g/mol. The lowest BCUT2D eigenvalue weighted by atomic mass is 9.95. The summed E-state index contributed by atoms with van der Waals surface area (Å²) in [5, 5.41) is 20.7. The summed E-state index contributed by atoms with van der Waals surface area (Å²) in [6.45, 7) is 0.0358. The zero-order chi connectivity index (χ0) is 13.7. The fourth-order valence-electron chi connectivity index (χ4n) is 2.38. The molecule has 0 radical (unpaired) electrons. The molecule has 0 atom stereocenters. The van der Waals surface area contributed by atoms with E-state index in [9.17, 15) is 4.79 Å². The number of nitrogens with zero attached hydrogens (tertiary/aromatic N) is 4. The Hall–Kier alpha value is -2.34. The van der Waals surface area contributed by atoms with Gasteiger partial charge in [0.25, 0.3) is 0 Å². The second-order valence-corrected chi connectivity index (χ2v) is 4.70. The van der Waals surface area contributed by atoms with Crippen LogP contribution in [0.25, 0.3) is 0 Å². The van der Waals surface area contributed by atoms with Gasteiger partial charge in [-0.2, -0.15) is 10.5 Å². The number of aromatic nitrogens is 2. The van der Waals surface area contributed by atoms with E-state index in [-0.39, 0.29) is 29.9 Å². The summed E-state index contributed by atoms with van der Waals surface area (Å²) < 4.78 is 1.41. The van der Waals surface area contributed by atoms with Crippen LogP contribution < -0.4 is 5.32 Å². The van der Waals surface area contributed by atoms with E-state index in [1.807, 2.05) is 12.1 Å². The second-order valence-electron chi connectivity index (χ2n) is 4.70. The van der Waals surface area contributed by atoms with Gasteiger partial charge in [-0.1, -0.05) is 19.3 Å². The third kappa shape index (κ3) is 3.11. The lowest BCUT2D eigenvalue weighted by Crippen LogP contribution is -2.38. The lowest BCUT2D eigenvalue weighted by molar-refractivity contribution is -0.122. The van der Waals surface area contributed by atoms with E-state index in [4.69, 9.17) is 10.5 Å². The van der Waals surface area contributed by atoms with Crippen molar-refractivity contribution in [3.05, 3.63) is 17.7 Å². The molecule has 1 aromatic rings. The Bertz CT molecular complexity index is 542. The number of amides is 1. The smallest absolute Gasteiger partial charge is 0.240 e. The van der Waals surface area contributed by atoms with Crippen LogP contribution in [-0.2, 0) is 11.3 Å². The molecule has 0 spiro atoms. The van der Waals surface area contributed by atoms with E-state index in [1.54, 1.807) is 0 Å². The summed E-state index contributed by atoms with van der Waals surface area (Å²) in [7, 11) is 0. The van der Waals surface area contributed by atoms with Gasteiger partial charge < -0.3 is 9.88 Å². The summed E-state index contributed by atoms with van der Waals surface area (Å²) in [6, 6.07) is 3.98. The lowest BCUT2D eigenvalue weighted by Gasteiger charge is -2.22. The van der Waals surface area contributed by atoms with Crippen molar-refractivity contribution in [2.45, 2.75) is 44.7 Å². The molecule has 1 aliphatic carbocycles. The second kappa shape index (κ2) is 6.01. The number of hydrogen-bond donors (Lipinski definition) is 1. The first-order chi connectivity index (χ1) is 9.24. The number of rotatable bonds is 3. The largest absolute Gasteiger partial charge is 0.352 e. The molecule has 1 saturated carbocycles. The first-order valence-corrected chi connectivity index (χ1v) is 6.39. The van der Waals surface area contributed by atoms with Crippen molar-refractivity contribution >= 4 is 5.91 Å². The molecule has 1 aromatic heterocycles. The van der Waals surface area contributed by atoms with Crippen molar-refractivity contribution in [2.75, 3.05) is 0 Å². The van der Waals surface area contributed by atoms with Gasteiger partial charge in [0.15, 0.2) is 11.4 Å². The number of hydrogen-bond acceptors (Lipinski definition) is 4. The van der Waals surface area contributed by atoms with Crippen LogP contribution in [0.1, 0.15) is 43.5 Å². The molecule has 0 aliphatic heterocycles. The minimum absolute atomic E-state index is 0.0358. The van der Waals surface area contributed by atoms with Crippen molar-refractivity contribution in [3.8, 4) is 12.1 Å². The molecule has 6 nitrogen and oxygen atoms in total. The molecule has 6 heteroatoms. The number of nitrogens with one attached hydrogen (secondary N) is 1. The van der Waals surface area contributed by atoms with Crippen LogP contribution in [-0.4, -0.2) is 21.5 Å². The Morgan fingerprint density at radius 3 is 2.74 bits per heavy atom. The van der Waals surface area contributed by atoms with Crippen LogP contribution in [0.4, 0.5) is 0 Å². The van der Waals surface area contributed by atoms with Crippen LogP contribution in [0.5, 0.6) is 0 Å². The predicted octanol–water partition coefficient (Wildman–Crippen LogP) is 1.08. The molecule has 2 rings (SSSR count). The van der Waals surface area contributed by atoms with Gasteiger partial charge in [-0.25, -0.2) is 4.98 Å². The molecule has 0 bridgehead atoms. The monoisotopic (exact) mass is 257 g/mol. The van der Waals surface area contributed by atoms with Crippen LogP contribution in [0.2, 0.25) is 0 Å². The van der Waals surface area contributed by atoms with Crippen LogP contribution >= 0.6 is 0 Å². The molecule has 19 heavy (non-hydrogen) atoms. The van der Waals surface area contributed by atoms with Gasteiger partial charge in [0.2, 0.25) is 5.91 Å². The summed E-state index contributed by atoms with van der Waals surface area (Å²) in [5.74, 6) is -0.134. The van der Waals surface area contributed by atoms with Gasteiger partial charge in [-0.05, 0) is 12.8 Å². The first-order valence-electron chi connectivity index (χ1n) is 6.39. The Balaban J connectivity index is 1.97. The zero-order valence-electron chi connectivity index (χ0n) is 10.6. The van der Waals surface area contributed by atoms with Gasteiger partial charge in [0.05, 0.1) is 6.33 Å². The maximum absolute atomic E-state index is 11.9. The highest BCUT2D eigenvalue weighted by Crippen LogP contribution is 2.17. The quantitative estimate of drug-likeness (QED) is 0.876. The summed E-state index contributed by atoms with van der Waals surface area (Å²) >= 11 is 0. The van der Waals surface area contributed by atoms with Crippen molar-refractivity contribution in [1.82, 2.24) is 14.9 Å². The fraction of sp³-hybridized carbons (Fsp3) is 0.538. The van der Waals surface area contributed by atoms with Crippen LogP contribution in [0.3, 0.4) is 0 Å². The van der Waals surface area contributed by atoms with Crippen molar-refractivity contribution < 1.29 is 4.79 Å². The van der Waals surface area contributed by atoms with Gasteiger partial charge in [0.1, 0.15) is 18.7 Å². The SMILES string of the molecule is N#Cc1ncn(CC(=O)NC2CCCCC2)c1C#N. The molecule has 1 amide bonds. The average Bonchev–Trinajstić information content (AvgIpc) is 2.81. The van der Waals surface area contributed by atoms with E-state index >= 15 is 0 Å².